The summed E-state index contributed by atoms with van der Waals surface area (Å²) in [5, 5.41) is 21.2. The van der Waals surface area contributed by atoms with Crippen molar-refractivity contribution in [3.8, 4) is 11.5 Å². The number of carbonyl (C=O) groups excluding carboxylic acids is 4. The molecular formula is C40H62N4O6. The summed E-state index contributed by atoms with van der Waals surface area (Å²) in [5.74, 6) is -1.98. The maximum atomic E-state index is 12.6. The minimum absolute atomic E-state index is 0.0299. The number of carbonyl (C=O) groups is 4. The molecule has 4 amide bonds. The highest BCUT2D eigenvalue weighted by Gasteiger charge is 2.18. The molecule has 0 radical (unpaired) electrons. The van der Waals surface area contributed by atoms with Crippen molar-refractivity contribution in [1.82, 2.24) is 21.7 Å². The molecule has 6 N–H and O–H groups in total. The Morgan fingerprint density at radius 3 is 1.52 bits per heavy atom. The molecule has 278 valence electrons. The fraction of sp³-hybridized carbons (Fsp3) is 0.600. The molecule has 0 spiro atoms. The molecule has 0 heterocycles. The normalized spacial score (nSPS) is 11.5. The van der Waals surface area contributed by atoms with Crippen molar-refractivity contribution in [2.75, 3.05) is 0 Å². The first kappa shape index (κ1) is 42.1. The third-order valence-electron chi connectivity index (χ3n) is 9.18. The van der Waals surface area contributed by atoms with E-state index in [1.54, 1.807) is 24.3 Å². The zero-order valence-electron chi connectivity index (χ0n) is 30.7. The highest BCUT2D eigenvalue weighted by atomic mass is 16.3. The number of unbranched alkanes of at least 4 members (excludes halogenated alkanes) is 13. The van der Waals surface area contributed by atoms with Gasteiger partial charge >= 0.3 is 0 Å². The van der Waals surface area contributed by atoms with E-state index in [9.17, 15) is 29.4 Å². The Bertz CT molecular complexity index is 1330. The number of hydrogen-bond acceptors (Lipinski definition) is 6. The van der Waals surface area contributed by atoms with Crippen LogP contribution in [0.25, 0.3) is 0 Å². The summed E-state index contributed by atoms with van der Waals surface area (Å²) in [7, 11) is 0. The van der Waals surface area contributed by atoms with Crippen molar-refractivity contribution in [3.05, 3.63) is 58.7 Å². The fourth-order valence-electron chi connectivity index (χ4n) is 5.93. The maximum Gasteiger partial charge on any atom is 0.273 e. The molecule has 2 aromatic rings. The Kier molecular flexibility index (Phi) is 21.0. The van der Waals surface area contributed by atoms with E-state index in [0.717, 1.165) is 81.8 Å². The lowest BCUT2D eigenvalue weighted by atomic mass is 10.0. The van der Waals surface area contributed by atoms with Crippen LogP contribution in [0.3, 0.4) is 0 Å². The largest absolute Gasteiger partial charge is 0.507 e. The molecule has 0 saturated heterocycles. The van der Waals surface area contributed by atoms with E-state index in [1.807, 2.05) is 19.1 Å². The number of para-hydroxylation sites is 2. The number of hydrazine groups is 2. The van der Waals surface area contributed by atoms with Crippen LogP contribution in [0.5, 0.6) is 11.5 Å². The number of phenolic OH excluding ortho intramolecular Hbond substituents is 2. The predicted molar refractivity (Wildman–Crippen MR) is 198 cm³/mol. The molecule has 0 fully saturated rings. The van der Waals surface area contributed by atoms with Gasteiger partial charge < -0.3 is 10.2 Å². The first-order valence-corrected chi connectivity index (χ1v) is 19.0. The first-order chi connectivity index (χ1) is 24.2. The second-order valence-electron chi connectivity index (χ2n) is 13.5. The van der Waals surface area contributed by atoms with Crippen LogP contribution in [0.1, 0.15) is 168 Å². The van der Waals surface area contributed by atoms with Gasteiger partial charge in [-0.25, -0.2) is 0 Å². The molecule has 0 aromatic heterocycles. The van der Waals surface area contributed by atoms with Gasteiger partial charge in [-0.2, -0.15) is 0 Å². The van der Waals surface area contributed by atoms with Gasteiger partial charge in [-0.15, -0.1) is 0 Å². The molecule has 1 unspecified atom stereocenters. The van der Waals surface area contributed by atoms with E-state index in [1.165, 1.54) is 25.7 Å². The topological polar surface area (TPSA) is 157 Å². The number of nitrogens with one attached hydrogen (secondary N) is 4. The minimum Gasteiger partial charge on any atom is -0.507 e. The zero-order valence-corrected chi connectivity index (χ0v) is 30.7. The van der Waals surface area contributed by atoms with Crippen molar-refractivity contribution in [2.45, 2.75) is 149 Å². The van der Waals surface area contributed by atoms with Crippen molar-refractivity contribution in [3.63, 3.8) is 0 Å². The van der Waals surface area contributed by atoms with Gasteiger partial charge in [0.25, 0.3) is 11.8 Å². The standard InChI is InChI=1S/C40H62N4O6/c1-4-6-8-12-17-23-31-25-20-27-33(36(31)46)39(49)43-41-35(45)29-19-15-11-10-14-16-22-30(3)38(48)42-44-40(50)34-28-21-26-32(37(34)47)24-18-13-9-7-5-2/h20-21,25-28,30,46-47H,4-19,22-24,29H2,1-3H3,(H,41,45)(H,42,48)(H,43,49)(H,44,50). The molecule has 2 rings (SSSR count). The summed E-state index contributed by atoms with van der Waals surface area (Å²) in [6.07, 6.45) is 18.8. The number of aromatic hydroxyl groups is 2. The van der Waals surface area contributed by atoms with E-state index in [2.05, 4.69) is 35.6 Å². The number of rotatable bonds is 24. The van der Waals surface area contributed by atoms with Crippen LogP contribution in [-0.2, 0) is 22.4 Å². The lowest BCUT2D eigenvalue weighted by Gasteiger charge is -2.14. The Balaban J connectivity index is 1.56. The number of amides is 4. The maximum absolute atomic E-state index is 12.6. The van der Waals surface area contributed by atoms with E-state index in [0.29, 0.717) is 25.7 Å². The van der Waals surface area contributed by atoms with Gasteiger partial charge in [0.05, 0.1) is 11.1 Å². The minimum atomic E-state index is -0.542. The lowest BCUT2D eigenvalue weighted by Crippen LogP contribution is -2.44. The molecule has 2 aromatic carbocycles. The monoisotopic (exact) mass is 694 g/mol. The summed E-state index contributed by atoms with van der Waals surface area (Å²) in [6, 6.07) is 10.3. The van der Waals surface area contributed by atoms with Gasteiger partial charge in [-0.05, 0) is 61.8 Å². The fourth-order valence-corrected chi connectivity index (χ4v) is 5.93. The average Bonchev–Trinajstić information content (AvgIpc) is 3.11. The van der Waals surface area contributed by atoms with Crippen LogP contribution in [0, 0.1) is 5.92 Å². The smallest absolute Gasteiger partial charge is 0.273 e. The second-order valence-corrected chi connectivity index (χ2v) is 13.5. The number of benzene rings is 2. The van der Waals surface area contributed by atoms with Crippen molar-refractivity contribution in [2.24, 2.45) is 5.92 Å². The molecule has 0 aliphatic carbocycles. The molecule has 0 bridgehead atoms. The van der Waals surface area contributed by atoms with Crippen molar-refractivity contribution >= 4 is 23.6 Å². The third kappa shape index (κ3) is 16.1. The molecule has 0 saturated carbocycles. The molecule has 50 heavy (non-hydrogen) atoms. The van der Waals surface area contributed by atoms with E-state index >= 15 is 0 Å². The van der Waals surface area contributed by atoms with E-state index in [-0.39, 0.29) is 46.8 Å². The summed E-state index contributed by atoms with van der Waals surface area (Å²) >= 11 is 0. The van der Waals surface area contributed by atoms with Gasteiger partial charge in [0.2, 0.25) is 11.8 Å². The van der Waals surface area contributed by atoms with Crippen LogP contribution in [0.4, 0.5) is 0 Å². The average molecular weight is 695 g/mol. The highest BCUT2D eigenvalue weighted by Crippen LogP contribution is 2.26. The first-order valence-electron chi connectivity index (χ1n) is 19.0. The van der Waals surface area contributed by atoms with Gasteiger partial charge in [0, 0.05) is 12.3 Å². The van der Waals surface area contributed by atoms with Gasteiger partial charge in [0.1, 0.15) is 11.5 Å². The summed E-state index contributed by atoms with van der Waals surface area (Å²) in [5.41, 5.74) is 11.6. The van der Waals surface area contributed by atoms with E-state index < -0.39 is 11.8 Å². The van der Waals surface area contributed by atoms with Gasteiger partial charge in [-0.1, -0.05) is 129 Å². The quantitative estimate of drug-likeness (QED) is 0.0482. The Morgan fingerprint density at radius 2 is 1.00 bits per heavy atom. The SMILES string of the molecule is CCCCCCCc1cccc(C(=O)NNC(=O)CCCCCCCCC(C)C(=O)NNC(=O)c2cccc(CCCCCCC)c2O)c1O. The molecule has 0 aliphatic rings. The number of hydrogen-bond donors (Lipinski definition) is 6. The molecule has 10 nitrogen and oxygen atoms in total. The summed E-state index contributed by atoms with van der Waals surface area (Å²) in [6.45, 7) is 6.16. The Morgan fingerprint density at radius 1 is 0.560 bits per heavy atom. The Hall–Kier alpha value is -4.08. The highest BCUT2D eigenvalue weighted by molar-refractivity contribution is 5.98. The molecule has 1 atom stereocenters. The molecule has 0 aliphatic heterocycles. The predicted octanol–water partition coefficient (Wildman–Crippen LogP) is 8.10. The molecular weight excluding hydrogens is 632 g/mol. The van der Waals surface area contributed by atoms with Crippen LogP contribution in [0.15, 0.2) is 36.4 Å². The van der Waals surface area contributed by atoms with Crippen LogP contribution >= 0.6 is 0 Å². The zero-order chi connectivity index (χ0) is 36.6. The second kappa shape index (κ2) is 25.0. The van der Waals surface area contributed by atoms with Gasteiger partial charge in [-0.3, -0.25) is 40.9 Å². The van der Waals surface area contributed by atoms with Crippen molar-refractivity contribution in [1.29, 1.82) is 0 Å². The summed E-state index contributed by atoms with van der Waals surface area (Å²) < 4.78 is 0. The number of phenols is 2. The number of aryl methyl sites for hydroxylation is 2. The summed E-state index contributed by atoms with van der Waals surface area (Å²) in [4.78, 5) is 50.0. The van der Waals surface area contributed by atoms with Crippen LogP contribution < -0.4 is 21.7 Å². The van der Waals surface area contributed by atoms with Crippen LogP contribution in [0.2, 0.25) is 0 Å². The lowest BCUT2D eigenvalue weighted by molar-refractivity contribution is -0.125. The van der Waals surface area contributed by atoms with Crippen LogP contribution in [-0.4, -0.2) is 33.8 Å². The van der Waals surface area contributed by atoms with Gasteiger partial charge in [0.15, 0.2) is 0 Å². The Labute approximate surface area is 299 Å². The molecule has 10 heteroatoms. The van der Waals surface area contributed by atoms with Crippen molar-refractivity contribution < 1.29 is 29.4 Å². The van der Waals surface area contributed by atoms with E-state index in [4.69, 9.17) is 0 Å². The third-order valence-corrected chi connectivity index (χ3v) is 9.18.